The van der Waals surface area contributed by atoms with Gasteiger partial charge in [0.1, 0.15) is 11.8 Å². The maximum absolute atomic E-state index is 13.4. The zero-order chi connectivity index (χ0) is 27.0. The smallest absolute Gasteiger partial charge is 0.242 e. The number of nitrogens with one attached hydrogen (secondary N) is 1. The molecule has 11 heteroatoms. The number of sulfonamides is 1. The van der Waals surface area contributed by atoms with Crippen molar-refractivity contribution in [2.75, 3.05) is 37.6 Å². The molecule has 202 valence electrons. The third kappa shape index (κ3) is 7.28. The van der Waals surface area contributed by atoms with Gasteiger partial charge in [-0.3, -0.25) is 13.9 Å². The molecule has 0 fully saturated rings. The van der Waals surface area contributed by atoms with Crippen molar-refractivity contribution >= 4 is 27.5 Å². The highest BCUT2D eigenvalue weighted by Gasteiger charge is 2.29. The van der Waals surface area contributed by atoms with Gasteiger partial charge in [0.2, 0.25) is 28.6 Å². The van der Waals surface area contributed by atoms with Crippen LogP contribution in [-0.4, -0.2) is 64.4 Å². The molecule has 1 heterocycles. The van der Waals surface area contributed by atoms with Crippen LogP contribution in [0.15, 0.2) is 42.5 Å². The standard InChI is InChI=1S/C26H35N3O7S/c1-5-22(26(31)27-6-2)28(17-19-9-12-21(34-3)13-10-19)25(30)8-7-15-29(37(4,32)33)20-11-14-23-24(16-20)36-18-35-23/h9-14,16,22H,5-8,15,17-18H2,1-4H3,(H,27,31). The van der Waals surface area contributed by atoms with Gasteiger partial charge in [-0.05, 0) is 49.6 Å². The second-order valence-electron chi connectivity index (χ2n) is 8.66. The van der Waals surface area contributed by atoms with E-state index in [-0.39, 0.29) is 44.5 Å². The van der Waals surface area contributed by atoms with Gasteiger partial charge in [-0.2, -0.15) is 0 Å². The molecule has 0 saturated heterocycles. The van der Waals surface area contributed by atoms with E-state index >= 15 is 0 Å². The lowest BCUT2D eigenvalue weighted by molar-refractivity contribution is -0.141. The Labute approximate surface area is 218 Å². The first-order valence-corrected chi connectivity index (χ1v) is 14.1. The Balaban J connectivity index is 1.75. The SMILES string of the molecule is CCNC(=O)C(CC)N(Cc1ccc(OC)cc1)C(=O)CCCN(c1ccc2c(c1)OCO2)S(C)(=O)=O. The second kappa shape index (κ2) is 12.7. The van der Waals surface area contributed by atoms with Gasteiger partial charge in [-0.15, -0.1) is 0 Å². The van der Waals surface area contributed by atoms with E-state index in [9.17, 15) is 18.0 Å². The molecule has 1 atom stereocenters. The summed E-state index contributed by atoms with van der Waals surface area (Å²) >= 11 is 0. The topological polar surface area (TPSA) is 114 Å². The van der Waals surface area contributed by atoms with Crippen LogP contribution in [0.3, 0.4) is 0 Å². The van der Waals surface area contributed by atoms with Crippen molar-refractivity contribution < 1.29 is 32.2 Å². The molecule has 2 aromatic rings. The number of amides is 2. The van der Waals surface area contributed by atoms with E-state index in [0.717, 1.165) is 11.8 Å². The number of benzene rings is 2. The summed E-state index contributed by atoms with van der Waals surface area (Å²) in [6.45, 7) is 4.57. The number of rotatable bonds is 13. The van der Waals surface area contributed by atoms with E-state index in [1.165, 1.54) is 4.31 Å². The molecule has 2 amide bonds. The minimum atomic E-state index is -3.61. The largest absolute Gasteiger partial charge is 0.497 e. The zero-order valence-electron chi connectivity index (χ0n) is 21.7. The molecule has 3 rings (SSSR count). The Hall–Kier alpha value is -3.47. The van der Waals surface area contributed by atoms with E-state index in [0.29, 0.717) is 35.9 Å². The molecule has 1 unspecified atom stereocenters. The van der Waals surface area contributed by atoms with Crippen molar-refractivity contribution in [3.05, 3.63) is 48.0 Å². The summed E-state index contributed by atoms with van der Waals surface area (Å²) in [5.74, 6) is 1.28. The Bertz CT molecular complexity index is 1190. The minimum Gasteiger partial charge on any atom is -0.497 e. The first-order chi connectivity index (χ1) is 17.7. The summed E-state index contributed by atoms with van der Waals surface area (Å²) in [4.78, 5) is 27.8. The number of anilines is 1. The minimum absolute atomic E-state index is 0.0721. The van der Waals surface area contributed by atoms with Crippen LogP contribution in [0.2, 0.25) is 0 Å². The maximum atomic E-state index is 13.4. The summed E-state index contributed by atoms with van der Waals surface area (Å²) < 4.78 is 42.2. The van der Waals surface area contributed by atoms with Crippen molar-refractivity contribution in [3.8, 4) is 17.2 Å². The van der Waals surface area contributed by atoms with Crippen LogP contribution in [-0.2, 0) is 26.2 Å². The van der Waals surface area contributed by atoms with Crippen LogP contribution in [0, 0.1) is 0 Å². The van der Waals surface area contributed by atoms with E-state index in [1.54, 1.807) is 42.3 Å². The average Bonchev–Trinajstić information content (AvgIpc) is 3.34. The van der Waals surface area contributed by atoms with E-state index < -0.39 is 16.1 Å². The van der Waals surface area contributed by atoms with Gasteiger partial charge in [0.05, 0.1) is 19.1 Å². The summed E-state index contributed by atoms with van der Waals surface area (Å²) in [5, 5.41) is 2.81. The molecule has 0 radical (unpaired) electrons. The van der Waals surface area contributed by atoms with Crippen LogP contribution in [0.5, 0.6) is 17.2 Å². The third-order valence-electron chi connectivity index (χ3n) is 6.05. The molecule has 0 spiro atoms. The van der Waals surface area contributed by atoms with Gasteiger partial charge in [-0.25, -0.2) is 8.42 Å². The van der Waals surface area contributed by atoms with E-state index in [2.05, 4.69) is 5.32 Å². The van der Waals surface area contributed by atoms with Gasteiger partial charge in [0, 0.05) is 32.1 Å². The number of fused-ring (bicyclic) bond motifs is 1. The molecule has 1 aliphatic heterocycles. The quantitative estimate of drug-likeness (QED) is 0.421. The van der Waals surface area contributed by atoms with Gasteiger partial charge < -0.3 is 24.4 Å². The second-order valence-corrected chi connectivity index (χ2v) is 10.6. The molecule has 10 nitrogen and oxygen atoms in total. The highest BCUT2D eigenvalue weighted by molar-refractivity contribution is 7.92. The molecule has 0 bridgehead atoms. The summed E-state index contributed by atoms with van der Waals surface area (Å²) in [6.07, 6.45) is 1.91. The highest BCUT2D eigenvalue weighted by Crippen LogP contribution is 2.36. The third-order valence-corrected chi connectivity index (χ3v) is 7.24. The molecule has 1 aliphatic rings. The molecular weight excluding hydrogens is 498 g/mol. The van der Waals surface area contributed by atoms with Crippen molar-refractivity contribution in [2.45, 2.75) is 45.7 Å². The molecule has 1 N–H and O–H groups in total. The lowest BCUT2D eigenvalue weighted by atomic mass is 10.1. The van der Waals surface area contributed by atoms with Gasteiger partial charge in [-0.1, -0.05) is 19.1 Å². The fourth-order valence-corrected chi connectivity index (χ4v) is 5.14. The molecule has 2 aromatic carbocycles. The van der Waals surface area contributed by atoms with E-state index in [1.807, 2.05) is 26.0 Å². The van der Waals surface area contributed by atoms with Crippen LogP contribution >= 0.6 is 0 Å². The van der Waals surface area contributed by atoms with E-state index in [4.69, 9.17) is 14.2 Å². The van der Waals surface area contributed by atoms with Crippen molar-refractivity contribution in [1.29, 1.82) is 0 Å². The number of carbonyl (C=O) groups excluding carboxylic acids is 2. The van der Waals surface area contributed by atoms with Gasteiger partial charge in [0.15, 0.2) is 11.5 Å². The van der Waals surface area contributed by atoms with Gasteiger partial charge in [0.25, 0.3) is 0 Å². The van der Waals surface area contributed by atoms with Crippen molar-refractivity contribution in [1.82, 2.24) is 10.2 Å². The summed E-state index contributed by atoms with van der Waals surface area (Å²) in [7, 11) is -2.03. The van der Waals surface area contributed by atoms with Gasteiger partial charge >= 0.3 is 0 Å². The number of carbonyl (C=O) groups is 2. The number of nitrogens with zero attached hydrogens (tertiary/aromatic N) is 2. The lowest BCUT2D eigenvalue weighted by Gasteiger charge is -2.31. The van der Waals surface area contributed by atoms with Crippen LogP contribution in [0.25, 0.3) is 0 Å². The lowest BCUT2D eigenvalue weighted by Crippen LogP contribution is -2.49. The van der Waals surface area contributed by atoms with Crippen LogP contribution in [0.4, 0.5) is 5.69 Å². The average molecular weight is 534 g/mol. The molecule has 37 heavy (non-hydrogen) atoms. The Morgan fingerprint density at radius 3 is 2.41 bits per heavy atom. The van der Waals surface area contributed by atoms with Crippen LogP contribution < -0.4 is 23.8 Å². The monoisotopic (exact) mass is 533 g/mol. The van der Waals surface area contributed by atoms with Crippen LogP contribution in [0.1, 0.15) is 38.7 Å². The zero-order valence-corrected chi connectivity index (χ0v) is 22.5. The molecule has 0 aromatic heterocycles. The Morgan fingerprint density at radius 2 is 1.78 bits per heavy atom. The number of ether oxygens (including phenoxy) is 3. The predicted octanol–water partition coefficient (Wildman–Crippen LogP) is 2.91. The Kier molecular flexibility index (Phi) is 9.62. The fraction of sp³-hybridized carbons (Fsp3) is 0.462. The Morgan fingerprint density at radius 1 is 1.08 bits per heavy atom. The fourth-order valence-electron chi connectivity index (χ4n) is 4.18. The normalized spacial score (nSPS) is 13.1. The highest BCUT2D eigenvalue weighted by atomic mass is 32.2. The number of methoxy groups -OCH3 is 1. The molecule has 0 aliphatic carbocycles. The number of likely N-dealkylation sites (N-methyl/N-ethyl adjacent to an activating group) is 1. The van der Waals surface area contributed by atoms with Crippen molar-refractivity contribution in [3.63, 3.8) is 0 Å². The first-order valence-electron chi connectivity index (χ1n) is 12.2. The predicted molar refractivity (Wildman–Crippen MR) is 140 cm³/mol. The number of hydrogen-bond acceptors (Lipinski definition) is 7. The summed E-state index contributed by atoms with van der Waals surface area (Å²) in [6, 6.07) is 11.6. The molecular formula is C26H35N3O7S. The maximum Gasteiger partial charge on any atom is 0.242 e. The number of hydrogen-bond donors (Lipinski definition) is 1. The van der Waals surface area contributed by atoms with Crippen molar-refractivity contribution in [2.24, 2.45) is 0 Å². The molecule has 0 saturated carbocycles. The summed E-state index contributed by atoms with van der Waals surface area (Å²) in [5.41, 5.74) is 1.29. The first kappa shape index (κ1) is 28.1.